The summed E-state index contributed by atoms with van der Waals surface area (Å²) < 4.78 is 39.2. The normalized spacial score (nSPS) is 11.7. The molecule has 0 aliphatic carbocycles. The molecule has 2 rings (SSSR count). The first-order valence-corrected chi connectivity index (χ1v) is 5.93. The van der Waals surface area contributed by atoms with Crippen LogP contribution in [-0.2, 0) is 12.7 Å². The molecule has 6 heteroatoms. The minimum Gasteiger partial charge on any atom is -0.326 e. The molecular weight excluding hydrogens is 269 g/mol. The summed E-state index contributed by atoms with van der Waals surface area (Å²) in [5.41, 5.74) is 6.17. The average Bonchev–Trinajstić information content (AvgIpc) is 2.38. The second kappa shape index (κ2) is 5.13. The van der Waals surface area contributed by atoms with Gasteiger partial charge < -0.3 is 10.3 Å². The Balaban J connectivity index is 2.49. The highest BCUT2D eigenvalue weighted by Gasteiger charge is 2.29. The molecular formula is C14H13F3N2O. The Morgan fingerprint density at radius 3 is 2.30 bits per heavy atom. The molecule has 106 valence electrons. The minimum atomic E-state index is -4.36. The molecule has 20 heavy (non-hydrogen) atoms. The quantitative estimate of drug-likeness (QED) is 0.920. The van der Waals surface area contributed by atoms with Crippen molar-refractivity contribution in [2.24, 2.45) is 5.73 Å². The van der Waals surface area contributed by atoms with Crippen molar-refractivity contribution in [3.63, 3.8) is 0 Å². The molecule has 0 unspecified atom stereocenters. The van der Waals surface area contributed by atoms with Gasteiger partial charge in [-0.1, -0.05) is 0 Å². The molecule has 2 aromatic rings. The molecule has 0 bridgehead atoms. The number of hydrogen-bond acceptors (Lipinski definition) is 2. The van der Waals surface area contributed by atoms with Crippen LogP contribution in [-0.4, -0.2) is 4.57 Å². The smallest absolute Gasteiger partial charge is 0.326 e. The van der Waals surface area contributed by atoms with E-state index in [1.54, 1.807) is 17.7 Å². The first-order valence-electron chi connectivity index (χ1n) is 5.93. The summed E-state index contributed by atoms with van der Waals surface area (Å²) in [6, 6.07) is 6.16. The summed E-state index contributed by atoms with van der Waals surface area (Å²) in [5.74, 6) is 0. The van der Waals surface area contributed by atoms with E-state index in [1.807, 2.05) is 0 Å². The van der Waals surface area contributed by atoms with Gasteiger partial charge in [0.25, 0.3) is 0 Å². The van der Waals surface area contributed by atoms with Crippen molar-refractivity contribution in [3.8, 4) is 5.69 Å². The molecule has 0 radical (unpaired) electrons. The monoisotopic (exact) mass is 282 g/mol. The largest absolute Gasteiger partial charge is 0.416 e. The Kier molecular flexibility index (Phi) is 3.67. The molecule has 0 saturated carbocycles. The third-order valence-electron chi connectivity index (χ3n) is 3.01. The maximum atomic E-state index is 12.5. The van der Waals surface area contributed by atoms with Crippen molar-refractivity contribution in [2.45, 2.75) is 19.6 Å². The van der Waals surface area contributed by atoms with Gasteiger partial charge in [-0.3, -0.25) is 4.79 Å². The van der Waals surface area contributed by atoms with E-state index in [-0.39, 0.29) is 12.0 Å². The summed E-state index contributed by atoms with van der Waals surface area (Å²) in [5, 5.41) is 0. The molecule has 0 atom stereocenters. The van der Waals surface area contributed by atoms with E-state index in [9.17, 15) is 18.0 Å². The summed E-state index contributed by atoms with van der Waals surface area (Å²) >= 11 is 0. The van der Waals surface area contributed by atoms with Gasteiger partial charge in [0.1, 0.15) is 0 Å². The van der Waals surface area contributed by atoms with Gasteiger partial charge >= 0.3 is 6.18 Å². The number of aromatic nitrogens is 1. The second-order valence-electron chi connectivity index (χ2n) is 4.42. The molecule has 1 aromatic heterocycles. The van der Waals surface area contributed by atoms with Crippen LogP contribution in [0.5, 0.6) is 0 Å². The van der Waals surface area contributed by atoms with Crippen LogP contribution in [0.4, 0.5) is 13.2 Å². The number of benzene rings is 1. The zero-order valence-corrected chi connectivity index (χ0v) is 10.7. The lowest BCUT2D eigenvalue weighted by molar-refractivity contribution is -0.137. The number of hydrogen-bond donors (Lipinski definition) is 1. The highest BCUT2D eigenvalue weighted by molar-refractivity contribution is 5.38. The number of nitrogens with two attached hydrogens (primary N) is 1. The van der Waals surface area contributed by atoms with Crippen LogP contribution in [0.3, 0.4) is 0 Å². The van der Waals surface area contributed by atoms with E-state index in [2.05, 4.69) is 0 Å². The number of alkyl halides is 3. The lowest BCUT2D eigenvalue weighted by Crippen LogP contribution is -2.17. The van der Waals surface area contributed by atoms with Gasteiger partial charge in [-0.05, 0) is 31.2 Å². The maximum Gasteiger partial charge on any atom is 0.416 e. The molecule has 0 amide bonds. The Labute approximate surface area is 113 Å². The van der Waals surface area contributed by atoms with E-state index < -0.39 is 11.7 Å². The Bertz CT molecular complexity index is 672. The molecule has 0 spiro atoms. The number of aryl methyl sites for hydroxylation is 1. The summed E-state index contributed by atoms with van der Waals surface area (Å²) in [4.78, 5) is 11.6. The van der Waals surface area contributed by atoms with Gasteiger partial charge in [0.15, 0.2) is 5.43 Å². The standard InChI is InChI=1S/C14H13F3N2O/c1-9-6-13(20)10(7-18)8-19(9)12-4-2-11(3-5-12)14(15,16)17/h2-6,8H,7,18H2,1H3. The predicted octanol–water partition coefficient (Wildman–Crippen LogP) is 2.62. The van der Waals surface area contributed by atoms with Gasteiger partial charge in [-0.25, -0.2) is 0 Å². The highest BCUT2D eigenvalue weighted by Crippen LogP contribution is 2.29. The van der Waals surface area contributed by atoms with Crippen LogP contribution in [0.25, 0.3) is 5.69 Å². The van der Waals surface area contributed by atoms with Gasteiger partial charge in [-0.2, -0.15) is 13.2 Å². The number of halogens is 3. The van der Waals surface area contributed by atoms with Crippen LogP contribution < -0.4 is 11.2 Å². The second-order valence-corrected chi connectivity index (χ2v) is 4.42. The fourth-order valence-corrected chi connectivity index (χ4v) is 1.92. The Hall–Kier alpha value is -2.08. The lowest BCUT2D eigenvalue weighted by Gasteiger charge is -2.13. The highest BCUT2D eigenvalue weighted by atomic mass is 19.4. The van der Waals surface area contributed by atoms with Crippen LogP contribution >= 0.6 is 0 Å². The zero-order valence-electron chi connectivity index (χ0n) is 10.7. The van der Waals surface area contributed by atoms with Gasteiger partial charge in [-0.15, -0.1) is 0 Å². The molecule has 0 aliphatic rings. The van der Waals surface area contributed by atoms with E-state index in [0.717, 1.165) is 12.1 Å². The number of pyridine rings is 1. The summed E-state index contributed by atoms with van der Waals surface area (Å²) in [6.45, 7) is 1.79. The molecule has 0 aliphatic heterocycles. The fraction of sp³-hybridized carbons (Fsp3) is 0.214. The van der Waals surface area contributed by atoms with Crippen molar-refractivity contribution in [1.82, 2.24) is 4.57 Å². The molecule has 1 heterocycles. The fourth-order valence-electron chi connectivity index (χ4n) is 1.92. The van der Waals surface area contributed by atoms with E-state index in [1.165, 1.54) is 18.2 Å². The SMILES string of the molecule is Cc1cc(=O)c(CN)cn1-c1ccc(C(F)(F)F)cc1. The number of nitrogens with zero attached hydrogens (tertiary/aromatic N) is 1. The van der Waals surface area contributed by atoms with E-state index in [0.29, 0.717) is 16.9 Å². The van der Waals surface area contributed by atoms with Gasteiger partial charge in [0.2, 0.25) is 0 Å². The molecule has 3 nitrogen and oxygen atoms in total. The molecule has 0 saturated heterocycles. The van der Waals surface area contributed by atoms with Gasteiger partial charge in [0.05, 0.1) is 5.56 Å². The average molecular weight is 282 g/mol. The van der Waals surface area contributed by atoms with E-state index in [4.69, 9.17) is 5.73 Å². The molecule has 2 N–H and O–H groups in total. The van der Waals surface area contributed by atoms with Crippen molar-refractivity contribution in [3.05, 3.63) is 63.6 Å². The third kappa shape index (κ3) is 2.75. The molecule has 1 aromatic carbocycles. The topological polar surface area (TPSA) is 48.0 Å². The van der Waals surface area contributed by atoms with Crippen molar-refractivity contribution >= 4 is 0 Å². The van der Waals surface area contributed by atoms with Crippen molar-refractivity contribution in [1.29, 1.82) is 0 Å². The third-order valence-corrected chi connectivity index (χ3v) is 3.01. The first kappa shape index (κ1) is 14.3. The Morgan fingerprint density at radius 1 is 1.20 bits per heavy atom. The van der Waals surface area contributed by atoms with Crippen LogP contribution in [0.1, 0.15) is 16.8 Å². The van der Waals surface area contributed by atoms with Crippen LogP contribution in [0.15, 0.2) is 41.3 Å². The number of rotatable bonds is 2. The summed E-state index contributed by atoms with van der Waals surface area (Å²) in [7, 11) is 0. The maximum absolute atomic E-state index is 12.5. The van der Waals surface area contributed by atoms with Crippen molar-refractivity contribution in [2.75, 3.05) is 0 Å². The van der Waals surface area contributed by atoms with E-state index >= 15 is 0 Å². The zero-order chi connectivity index (χ0) is 14.9. The van der Waals surface area contributed by atoms with Gasteiger partial charge in [0, 0.05) is 35.8 Å². The minimum absolute atomic E-state index is 0.0831. The predicted molar refractivity (Wildman–Crippen MR) is 69.7 cm³/mol. The lowest BCUT2D eigenvalue weighted by atomic mass is 10.1. The van der Waals surface area contributed by atoms with Crippen molar-refractivity contribution < 1.29 is 13.2 Å². The first-order chi connectivity index (χ1) is 9.32. The van der Waals surface area contributed by atoms with Crippen LogP contribution in [0, 0.1) is 6.92 Å². The Morgan fingerprint density at radius 2 is 1.80 bits per heavy atom. The summed E-state index contributed by atoms with van der Waals surface area (Å²) in [6.07, 6.45) is -2.81. The molecule has 0 fully saturated rings. The van der Waals surface area contributed by atoms with Crippen LogP contribution in [0.2, 0.25) is 0 Å².